The van der Waals surface area contributed by atoms with Gasteiger partial charge in [-0.1, -0.05) is 13.3 Å². The Kier molecular flexibility index (Phi) is 4.62. The average molecular weight is 226 g/mol. The van der Waals surface area contributed by atoms with Gasteiger partial charge in [0.05, 0.1) is 6.10 Å². The van der Waals surface area contributed by atoms with Crippen molar-refractivity contribution >= 4 is 0 Å². The van der Waals surface area contributed by atoms with Crippen molar-refractivity contribution in [2.24, 2.45) is 5.92 Å². The topological polar surface area (TPSA) is 26.7 Å². The largest absolute Gasteiger partial charge is 0.391 e. The van der Waals surface area contributed by atoms with E-state index in [4.69, 9.17) is 0 Å². The molecule has 94 valence electrons. The Morgan fingerprint density at radius 1 is 1.12 bits per heavy atom. The summed E-state index contributed by atoms with van der Waals surface area (Å²) >= 11 is 0. The molecule has 2 fully saturated rings. The van der Waals surface area contributed by atoms with Crippen LogP contribution in [0.25, 0.3) is 0 Å². The van der Waals surface area contributed by atoms with E-state index < -0.39 is 0 Å². The quantitative estimate of drug-likeness (QED) is 0.779. The van der Waals surface area contributed by atoms with Gasteiger partial charge in [0.15, 0.2) is 0 Å². The zero-order valence-electron chi connectivity index (χ0n) is 10.6. The third-order valence-corrected chi connectivity index (χ3v) is 4.19. The number of rotatable bonds is 4. The normalized spacial score (nSPS) is 30.8. The van der Waals surface area contributed by atoms with Crippen LogP contribution in [0, 0.1) is 5.92 Å². The van der Waals surface area contributed by atoms with Crippen LogP contribution < -0.4 is 0 Å². The van der Waals surface area contributed by atoms with Crippen LogP contribution in [0.4, 0.5) is 0 Å². The number of β-amino-alcohol motifs (C(OH)–C–C–N with tert-alkyl or cyclic N) is 1. The molecule has 2 heterocycles. The third kappa shape index (κ3) is 3.19. The summed E-state index contributed by atoms with van der Waals surface area (Å²) in [7, 11) is 0. The molecule has 2 rings (SSSR count). The lowest BCUT2D eigenvalue weighted by Gasteiger charge is -2.30. The van der Waals surface area contributed by atoms with Crippen molar-refractivity contribution in [1.82, 2.24) is 9.80 Å². The van der Waals surface area contributed by atoms with E-state index in [1.165, 1.54) is 45.3 Å². The van der Waals surface area contributed by atoms with Crippen molar-refractivity contribution in [2.45, 2.75) is 38.7 Å². The molecule has 2 atom stereocenters. The minimum atomic E-state index is -0.102. The highest BCUT2D eigenvalue weighted by Crippen LogP contribution is 2.21. The molecule has 3 nitrogen and oxygen atoms in total. The van der Waals surface area contributed by atoms with Crippen molar-refractivity contribution < 1.29 is 5.11 Å². The molecule has 0 bridgehead atoms. The highest BCUT2D eigenvalue weighted by atomic mass is 16.3. The number of aliphatic hydroxyl groups excluding tert-OH is 1. The van der Waals surface area contributed by atoms with Crippen molar-refractivity contribution in [3.8, 4) is 0 Å². The summed E-state index contributed by atoms with van der Waals surface area (Å²) in [6.45, 7) is 8.92. The van der Waals surface area contributed by atoms with Crippen molar-refractivity contribution in [3.05, 3.63) is 0 Å². The van der Waals surface area contributed by atoms with Crippen molar-refractivity contribution in [3.63, 3.8) is 0 Å². The zero-order chi connectivity index (χ0) is 11.4. The van der Waals surface area contributed by atoms with Gasteiger partial charge >= 0.3 is 0 Å². The van der Waals surface area contributed by atoms with Gasteiger partial charge in [-0.2, -0.15) is 0 Å². The Morgan fingerprint density at radius 3 is 2.50 bits per heavy atom. The Morgan fingerprint density at radius 2 is 1.88 bits per heavy atom. The van der Waals surface area contributed by atoms with Gasteiger partial charge in [-0.15, -0.1) is 0 Å². The molecule has 0 spiro atoms. The maximum atomic E-state index is 10.2. The van der Waals surface area contributed by atoms with E-state index in [2.05, 4.69) is 16.7 Å². The van der Waals surface area contributed by atoms with Gasteiger partial charge in [-0.05, 0) is 45.4 Å². The first-order chi connectivity index (χ1) is 7.79. The van der Waals surface area contributed by atoms with Gasteiger partial charge in [0, 0.05) is 19.0 Å². The third-order valence-electron chi connectivity index (χ3n) is 4.19. The molecule has 0 radical (unpaired) electrons. The maximum Gasteiger partial charge on any atom is 0.0707 e. The monoisotopic (exact) mass is 226 g/mol. The first-order valence-electron chi connectivity index (χ1n) is 6.92. The maximum absolute atomic E-state index is 10.2. The number of likely N-dealkylation sites (tertiary alicyclic amines) is 2. The molecule has 0 amide bonds. The first kappa shape index (κ1) is 12.3. The second-order valence-corrected chi connectivity index (χ2v) is 5.37. The predicted octanol–water partition coefficient (Wildman–Crippen LogP) is 1.17. The molecule has 0 aromatic rings. The zero-order valence-corrected chi connectivity index (χ0v) is 10.6. The summed E-state index contributed by atoms with van der Waals surface area (Å²) in [5, 5.41) is 10.2. The lowest BCUT2D eigenvalue weighted by atomic mass is 10.0. The number of piperidine rings is 1. The van der Waals surface area contributed by atoms with E-state index in [9.17, 15) is 5.11 Å². The van der Waals surface area contributed by atoms with E-state index in [0.717, 1.165) is 19.6 Å². The molecule has 0 saturated carbocycles. The lowest BCUT2D eigenvalue weighted by molar-refractivity contribution is 0.0592. The fraction of sp³-hybridized carbons (Fsp3) is 1.00. The highest BCUT2D eigenvalue weighted by Gasteiger charge is 2.28. The molecular formula is C13H26N2O. The number of nitrogens with zero attached hydrogens (tertiary/aromatic N) is 2. The van der Waals surface area contributed by atoms with Crippen LogP contribution in [0.2, 0.25) is 0 Å². The van der Waals surface area contributed by atoms with Gasteiger partial charge in [0.1, 0.15) is 0 Å². The average Bonchev–Trinajstić information content (AvgIpc) is 2.79. The van der Waals surface area contributed by atoms with Crippen LogP contribution in [0.1, 0.15) is 32.6 Å². The van der Waals surface area contributed by atoms with E-state index in [1.807, 2.05) is 0 Å². The first-order valence-corrected chi connectivity index (χ1v) is 6.92. The molecule has 3 heteroatoms. The summed E-state index contributed by atoms with van der Waals surface area (Å²) in [6.07, 6.45) is 5.09. The molecule has 1 N–H and O–H groups in total. The summed E-state index contributed by atoms with van der Waals surface area (Å²) in [4.78, 5) is 4.90. The Hall–Kier alpha value is -0.120. The van der Waals surface area contributed by atoms with Gasteiger partial charge in [-0.3, -0.25) is 0 Å². The van der Waals surface area contributed by atoms with Crippen LogP contribution in [-0.2, 0) is 0 Å². The lowest BCUT2D eigenvalue weighted by Crippen LogP contribution is -2.40. The molecule has 2 aliphatic rings. The molecule has 0 aromatic heterocycles. The molecular weight excluding hydrogens is 200 g/mol. The van der Waals surface area contributed by atoms with E-state index >= 15 is 0 Å². The molecule has 2 aliphatic heterocycles. The van der Waals surface area contributed by atoms with Crippen LogP contribution in [0.15, 0.2) is 0 Å². The summed E-state index contributed by atoms with van der Waals surface area (Å²) in [5.74, 6) is 0.516. The minimum Gasteiger partial charge on any atom is -0.391 e. The minimum absolute atomic E-state index is 0.102. The Balaban J connectivity index is 1.72. The highest BCUT2D eigenvalue weighted by molar-refractivity contribution is 4.82. The Bertz CT molecular complexity index is 204. The smallest absolute Gasteiger partial charge is 0.0707 e. The van der Waals surface area contributed by atoms with Crippen LogP contribution in [0.5, 0.6) is 0 Å². The Labute approximate surface area is 99.4 Å². The molecule has 0 aliphatic carbocycles. The number of hydrogen-bond donors (Lipinski definition) is 1. The van der Waals surface area contributed by atoms with Gasteiger partial charge in [0.25, 0.3) is 0 Å². The van der Waals surface area contributed by atoms with Crippen molar-refractivity contribution in [2.75, 3.05) is 39.3 Å². The summed E-state index contributed by atoms with van der Waals surface area (Å²) < 4.78 is 0. The SMILES string of the molecule is CCN1CCC(C(O)CN2CCCCC2)C1. The number of aliphatic hydroxyl groups is 1. The summed E-state index contributed by atoms with van der Waals surface area (Å²) in [6, 6.07) is 0. The van der Waals surface area contributed by atoms with Gasteiger partial charge in [-0.25, -0.2) is 0 Å². The van der Waals surface area contributed by atoms with E-state index in [1.54, 1.807) is 0 Å². The molecule has 2 unspecified atom stereocenters. The molecule has 2 saturated heterocycles. The van der Waals surface area contributed by atoms with E-state index in [-0.39, 0.29) is 6.10 Å². The molecule has 16 heavy (non-hydrogen) atoms. The molecule has 0 aromatic carbocycles. The standard InChI is InChI=1S/C13H26N2O/c1-2-14-9-6-12(10-14)13(16)11-15-7-4-3-5-8-15/h12-13,16H,2-11H2,1H3. The second-order valence-electron chi connectivity index (χ2n) is 5.37. The van der Waals surface area contributed by atoms with Crippen molar-refractivity contribution in [1.29, 1.82) is 0 Å². The van der Waals surface area contributed by atoms with Crippen LogP contribution in [-0.4, -0.2) is 60.3 Å². The predicted molar refractivity (Wildman–Crippen MR) is 66.5 cm³/mol. The van der Waals surface area contributed by atoms with Crippen LogP contribution in [0.3, 0.4) is 0 Å². The van der Waals surface area contributed by atoms with Crippen LogP contribution >= 0.6 is 0 Å². The van der Waals surface area contributed by atoms with Gasteiger partial charge in [0.2, 0.25) is 0 Å². The van der Waals surface area contributed by atoms with E-state index in [0.29, 0.717) is 5.92 Å². The second kappa shape index (κ2) is 5.99. The fourth-order valence-corrected chi connectivity index (χ4v) is 3.02. The van der Waals surface area contributed by atoms with Gasteiger partial charge < -0.3 is 14.9 Å². The fourth-order valence-electron chi connectivity index (χ4n) is 3.02. The summed E-state index contributed by atoms with van der Waals surface area (Å²) in [5.41, 5.74) is 0. The number of hydrogen-bond acceptors (Lipinski definition) is 3.